The van der Waals surface area contributed by atoms with Gasteiger partial charge in [-0.1, -0.05) is 24.3 Å². The van der Waals surface area contributed by atoms with Crippen molar-refractivity contribution in [3.05, 3.63) is 170 Å². The Morgan fingerprint density at radius 3 is 0.767 bits per heavy atom. The quantitative estimate of drug-likeness (QED) is 0.0666. The smallest absolute Gasteiger partial charge is 0.239 e. The van der Waals surface area contributed by atoms with E-state index >= 15 is 0 Å². The van der Waals surface area contributed by atoms with Gasteiger partial charge >= 0.3 is 0 Å². The van der Waals surface area contributed by atoms with E-state index in [1.165, 1.54) is 19.5 Å². The average molecular weight is 833 g/mol. The van der Waals surface area contributed by atoms with Gasteiger partial charge in [0.2, 0.25) is 42.2 Å². The van der Waals surface area contributed by atoms with Crippen LogP contribution in [0, 0.1) is 0 Å². The summed E-state index contributed by atoms with van der Waals surface area (Å²) in [5.41, 5.74) is 35.7. The van der Waals surface area contributed by atoms with Gasteiger partial charge in [-0.3, -0.25) is 0 Å². The molecule has 6 aromatic carbocycles. The summed E-state index contributed by atoms with van der Waals surface area (Å²) >= 11 is 3.50. The molecule has 0 atom stereocenters. The number of rotatable bonds is 8. The van der Waals surface area contributed by atoms with E-state index in [0.717, 1.165) is 78.8 Å². The van der Waals surface area contributed by atoms with Crippen LogP contribution in [0.25, 0.3) is 64.0 Å². The third-order valence-electron chi connectivity index (χ3n) is 9.21. The molecule has 8 rings (SSSR count). The van der Waals surface area contributed by atoms with Crippen LogP contribution in [-0.2, 0) is 0 Å². The fraction of sp³-hybridized carbons (Fsp3) is 0.0417. The monoisotopic (exact) mass is 832 g/mol. The molecular formula is C48H42BFN4O4S2. The van der Waals surface area contributed by atoms with Gasteiger partial charge < -0.3 is 46.8 Å². The van der Waals surface area contributed by atoms with Gasteiger partial charge in [0, 0.05) is 69.3 Å². The van der Waals surface area contributed by atoms with Crippen molar-refractivity contribution < 1.29 is 23.8 Å². The molecule has 0 fully saturated rings. The standard InChI is InChI=1S/2C24H21N2OS.BFO2/c2*1-27-22-12-6-16(7-13-22)19-14-23(17-2-8-20(25)9-3-17)28-24(15-19)18-4-10-21(26)11-5-18;2-1(3)4/h2*2-15H,25-26H2,1H3;/q2*+1;-2. The number of halogens is 1. The van der Waals surface area contributed by atoms with Crippen LogP contribution in [0.15, 0.2) is 170 Å². The van der Waals surface area contributed by atoms with E-state index < -0.39 is 7.40 Å². The van der Waals surface area contributed by atoms with Crippen LogP contribution in [0.4, 0.5) is 27.1 Å². The van der Waals surface area contributed by atoms with E-state index in [9.17, 15) is 4.32 Å². The predicted octanol–water partition coefficient (Wildman–Crippen LogP) is 10.1. The minimum Gasteiger partial charge on any atom is -0.867 e. The Morgan fingerprint density at radius 2 is 0.567 bits per heavy atom. The van der Waals surface area contributed by atoms with E-state index in [0.29, 0.717) is 0 Å². The highest BCUT2D eigenvalue weighted by Gasteiger charge is 2.21. The lowest BCUT2D eigenvalue weighted by Crippen LogP contribution is -2.39. The molecule has 8 nitrogen and oxygen atoms in total. The van der Waals surface area contributed by atoms with Crippen LogP contribution in [0.2, 0.25) is 0 Å². The molecule has 0 bridgehead atoms. The molecule has 12 heteroatoms. The summed E-state index contributed by atoms with van der Waals surface area (Å²) in [5.74, 6) is 1.69. The lowest BCUT2D eigenvalue weighted by Gasteiger charge is -2.09. The molecule has 300 valence electrons. The Labute approximate surface area is 357 Å². The van der Waals surface area contributed by atoms with E-state index in [-0.39, 0.29) is 0 Å². The van der Waals surface area contributed by atoms with Gasteiger partial charge in [0.15, 0.2) is 0 Å². The van der Waals surface area contributed by atoms with Gasteiger partial charge in [-0.05, 0) is 144 Å². The minimum absolute atomic E-state index is 0.763. The fourth-order valence-electron chi connectivity index (χ4n) is 6.06. The Kier molecular flexibility index (Phi) is 14.4. The van der Waals surface area contributed by atoms with E-state index in [4.69, 9.17) is 42.5 Å². The number of benzene rings is 6. The van der Waals surface area contributed by atoms with Gasteiger partial charge in [-0.2, -0.15) is 0 Å². The molecule has 0 unspecified atom stereocenters. The highest BCUT2D eigenvalue weighted by atomic mass is 32.1. The lowest BCUT2D eigenvalue weighted by atomic mass is 10.0. The SMILES string of the molecule is COc1ccc(-c2cc(-c3ccc(N)cc3)[s+]c(-c3ccc(N)cc3)c2)cc1.COc1ccc(-c2cc(-c3ccc(N)cc3)[s+]c(-c3ccc(N)cc3)c2)cc1.[O-]B([O-])F. The second kappa shape index (κ2) is 20.2. The number of ether oxygens (including phenoxy) is 2. The topological polar surface area (TPSA) is 169 Å². The number of anilines is 4. The van der Waals surface area contributed by atoms with Crippen LogP contribution in [-0.4, -0.2) is 21.6 Å². The predicted molar refractivity (Wildman–Crippen MR) is 248 cm³/mol. The van der Waals surface area contributed by atoms with Crippen LogP contribution in [0.5, 0.6) is 11.5 Å². The molecule has 0 saturated carbocycles. The molecule has 0 aliphatic carbocycles. The maximum absolute atomic E-state index is 9.89. The Balaban J connectivity index is 0.000000185. The molecule has 2 heterocycles. The zero-order chi connectivity index (χ0) is 42.6. The second-order valence-electron chi connectivity index (χ2n) is 13.4. The first kappa shape index (κ1) is 42.8. The zero-order valence-electron chi connectivity index (χ0n) is 32.9. The summed E-state index contributed by atoms with van der Waals surface area (Å²) in [6.07, 6.45) is 0. The molecule has 0 saturated heterocycles. The first-order valence-electron chi connectivity index (χ1n) is 18.6. The third-order valence-corrected chi connectivity index (χ3v) is 11.5. The van der Waals surface area contributed by atoms with Crippen LogP contribution >= 0.6 is 22.7 Å². The molecule has 0 amide bonds. The molecule has 60 heavy (non-hydrogen) atoms. The zero-order valence-corrected chi connectivity index (χ0v) is 34.5. The number of nitrogen functional groups attached to an aromatic ring is 4. The van der Waals surface area contributed by atoms with Crippen molar-refractivity contribution in [3.8, 4) is 75.5 Å². The van der Waals surface area contributed by atoms with Gasteiger partial charge in [0.05, 0.1) is 14.2 Å². The first-order chi connectivity index (χ1) is 29.0. The molecule has 8 N–H and O–H groups in total. The van der Waals surface area contributed by atoms with Crippen molar-refractivity contribution in [2.45, 2.75) is 0 Å². The van der Waals surface area contributed by atoms with Gasteiger partial charge in [-0.25, -0.2) is 0 Å². The normalized spacial score (nSPS) is 10.3. The largest absolute Gasteiger partial charge is 0.867 e. The van der Waals surface area contributed by atoms with Crippen LogP contribution < -0.4 is 42.5 Å². The van der Waals surface area contributed by atoms with Crippen LogP contribution in [0.1, 0.15) is 0 Å². The fourth-order valence-corrected chi connectivity index (χ4v) is 8.30. The summed E-state index contributed by atoms with van der Waals surface area (Å²) in [4.78, 5) is 4.72. The molecule has 0 aliphatic heterocycles. The number of hydrogen-bond donors (Lipinski definition) is 4. The van der Waals surface area contributed by atoms with Crippen molar-refractivity contribution in [3.63, 3.8) is 0 Å². The minimum atomic E-state index is -3.17. The molecule has 0 spiro atoms. The van der Waals surface area contributed by atoms with Crippen molar-refractivity contribution in [2.75, 3.05) is 37.2 Å². The summed E-state index contributed by atoms with van der Waals surface area (Å²) in [6.45, 7) is 0. The summed E-state index contributed by atoms with van der Waals surface area (Å²) < 4.78 is 20.5. The Hall–Kier alpha value is -6.83. The molecular weight excluding hydrogens is 790 g/mol. The van der Waals surface area contributed by atoms with Crippen molar-refractivity contribution in [1.82, 2.24) is 0 Å². The van der Waals surface area contributed by atoms with Crippen molar-refractivity contribution in [2.24, 2.45) is 0 Å². The summed E-state index contributed by atoms with van der Waals surface area (Å²) in [5, 5.41) is 16.6. The van der Waals surface area contributed by atoms with Crippen molar-refractivity contribution in [1.29, 1.82) is 0 Å². The number of nitrogens with two attached hydrogens (primary N) is 4. The maximum atomic E-state index is 9.89. The van der Waals surface area contributed by atoms with Gasteiger partial charge in [0.1, 0.15) is 18.9 Å². The lowest BCUT2D eigenvalue weighted by molar-refractivity contribution is -0.366. The molecule has 0 radical (unpaired) electrons. The van der Waals surface area contributed by atoms with Gasteiger partial charge in [-0.15, -0.1) is 0 Å². The highest BCUT2D eigenvalue weighted by molar-refractivity contribution is 7.18. The maximum Gasteiger partial charge on any atom is 0.239 e. The van der Waals surface area contributed by atoms with E-state index in [1.54, 1.807) is 36.9 Å². The van der Waals surface area contributed by atoms with Crippen molar-refractivity contribution >= 4 is 52.8 Å². The Morgan fingerprint density at radius 1 is 0.367 bits per heavy atom. The third kappa shape index (κ3) is 11.6. The molecule has 0 aliphatic rings. The molecule has 2 aromatic heterocycles. The van der Waals surface area contributed by atoms with E-state index in [2.05, 4.69) is 97.1 Å². The molecule has 8 aromatic rings. The first-order valence-corrected chi connectivity index (χ1v) is 20.3. The van der Waals surface area contributed by atoms with Gasteiger partial charge in [0.25, 0.3) is 0 Å². The Bertz CT molecular complexity index is 2300. The van der Waals surface area contributed by atoms with E-state index in [1.807, 2.05) is 72.8 Å². The van der Waals surface area contributed by atoms with Crippen LogP contribution in [0.3, 0.4) is 0 Å². The number of methoxy groups -OCH3 is 2. The summed E-state index contributed by atoms with van der Waals surface area (Å²) in [6, 6.07) is 57.1. The highest BCUT2D eigenvalue weighted by Crippen LogP contribution is 2.40. The second-order valence-corrected chi connectivity index (χ2v) is 15.5. The average Bonchev–Trinajstić information content (AvgIpc) is 3.27. The summed E-state index contributed by atoms with van der Waals surface area (Å²) in [7, 11) is 0.190. The number of hydrogen-bond acceptors (Lipinski definition) is 8.